The lowest BCUT2D eigenvalue weighted by Crippen LogP contribution is -2.59. The smallest absolute Gasteiger partial charge is 0.332 e. The third kappa shape index (κ3) is 15.8. The number of carbonyl (C=O) groups excluding carboxylic acids is 2. The van der Waals surface area contributed by atoms with E-state index < -0.39 is 67.4 Å². The van der Waals surface area contributed by atoms with E-state index in [2.05, 4.69) is 6.58 Å². The van der Waals surface area contributed by atoms with E-state index in [0.29, 0.717) is 19.3 Å². The lowest BCUT2D eigenvalue weighted by Gasteiger charge is -2.42. The molecule has 9 atom stereocenters. The van der Waals surface area contributed by atoms with Gasteiger partial charge in [0.25, 0.3) is 0 Å². The summed E-state index contributed by atoms with van der Waals surface area (Å²) in [5.41, 5.74) is -0.732. The monoisotopic (exact) mass is 666 g/mol. The van der Waals surface area contributed by atoms with Crippen LogP contribution in [0.15, 0.2) is 12.7 Å². The number of rotatable bonds is 21. The lowest BCUT2D eigenvalue weighted by atomic mass is 9.87. The molecule has 0 bridgehead atoms. The molecule has 0 spiro atoms. The van der Waals surface area contributed by atoms with E-state index in [9.17, 15) is 24.9 Å². The number of esters is 2. The molecule has 0 aromatic carbocycles. The third-order valence-corrected chi connectivity index (χ3v) is 20.5. The van der Waals surface area contributed by atoms with Gasteiger partial charge in [0.1, 0.15) is 6.10 Å². The summed E-state index contributed by atoms with van der Waals surface area (Å²) in [4.78, 5) is 24.8. The predicted molar refractivity (Wildman–Crippen MR) is 176 cm³/mol. The average Bonchev–Trinajstić information content (AvgIpc) is 2.84. The van der Waals surface area contributed by atoms with Crippen molar-refractivity contribution in [3.63, 3.8) is 0 Å². The second-order valence-electron chi connectivity index (χ2n) is 13.7. The van der Waals surface area contributed by atoms with E-state index >= 15 is 0 Å². The molecule has 0 saturated heterocycles. The molecule has 0 radical (unpaired) electrons. The standard InChI is InChI=1S/C30H62O10Si3/c1-15-28(34)37-25(8)38-29(16-2)42(11,12)40-43(13,14)39-41(9,10)24(7)30(35)36-23(6)19-27(33)21(4)18-26(32)20(3)17-22(5)31/h15,20-27,29,31-33H,1,16-19H2,2-14H3. The van der Waals surface area contributed by atoms with Crippen LogP contribution in [0.3, 0.4) is 0 Å². The van der Waals surface area contributed by atoms with Crippen molar-refractivity contribution >= 4 is 37.1 Å². The minimum atomic E-state index is -2.74. The molecule has 3 N–H and O–H groups in total. The fraction of sp³-hybridized carbons (Fsp3) is 0.867. The van der Waals surface area contributed by atoms with E-state index in [0.717, 1.165) is 6.08 Å². The van der Waals surface area contributed by atoms with Gasteiger partial charge >= 0.3 is 20.5 Å². The van der Waals surface area contributed by atoms with Gasteiger partial charge in [-0.15, -0.1) is 0 Å². The van der Waals surface area contributed by atoms with E-state index in [1.807, 2.05) is 67.0 Å². The quantitative estimate of drug-likeness (QED) is 0.0631. The number of carbonyl (C=O) groups is 2. The molecule has 10 nitrogen and oxygen atoms in total. The maximum Gasteiger partial charge on any atom is 0.332 e. The molecule has 0 aromatic rings. The molecule has 43 heavy (non-hydrogen) atoms. The molecule has 0 aliphatic rings. The highest BCUT2D eigenvalue weighted by atomic mass is 28.5. The minimum absolute atomic E-state index is 0.0889. The largest absolute Gasteiger partial charge is 0.463 e. The van der Waals surface area contributed by atoms with Crippen molar-refractivity contribution in [3.05, 3.63) is 12.7 Å². The maximum absolute atomic E-state index is 13.2. The van der Waals surface area contributed by atoms with Crippen molar-refractivity contribution in [2.45, 2.75) is 155 Å². The topological polar surface area (TPSA) is 141 Å². The Kier molecular flexibility index (Phi) is 17.9. The van der Waals surface area contributed by atoms with Crippen LogP contribution < -0.4 is 0 Å². The van der Waals surface area contributed by atoms with Crippen LogP contribution in [0.4, 0.5) is 0 Å². The normalized spacial score (nSPS) is 19.3. The number of aliphatic hydroxyl groups excluding tert-OH is 3. The Balaban J connectivity index is 5.19. The van der Waals surface area contributed by atoms with Gasteiger partial charge in [0, 0.05) is 12.5 Å². The van der Waals surface area contributed by atoms with Crippen LogP contribution in [-0.2, 0) is 32.0 Å². The molecule has 0 aliphatic carbocycles. The highest BCUT2D eigenvalue weighted by Crippen LogP contribution is 2.32. The summed E-state index contributed by atoms with van der Waals surface area (Å²) in [5.74, 6) is -1.22. The molecule has 0 amide bonds. The predicted octanol–water partition coefficient (Wildman–Crippen LogP) is 5.41. The Labute approximate surface area is 264 Å². The Hall–Kier alpha value is -0.909. The van der Waals surface area contributed by atoms with Gasteiger partial charge in [0.2, 0.25) is 14.6 Å². The van der Waals surface area contributed by atoms with Crippen molar-refractivity contribution in [2.75, 3.05) is 0 Å². The van der Waals surface area contributed by atoms with Gasteiger partial charge in [-0.3, -0.25) is 4.79 Å². The Morgan fingerprint density at radius 1 is 0.767 bits per heavy atom. The van der Waals surface area contributed by atoms with E-state index in [1.165, 1.54) is 0 Å². The molecule has 254 valence electrons. The zero-order chi connectivity index (χ0) is 33.9. The van der Waals surface area contributed by atoms with Crippen molar-refractivity contribution in [1.82, 2.24) is 0 Å². The SMILES string of the molecule is C=CC(=O)OC(C)OC(CC)[Si](C)(C)O[Si](C)(C)O[Si](C)(C)C(C)C(=O)OC(C)CC(O)C(C)CC(O)C(C)CC(C)O. The van der Waals surface area contributed by atoms with Gasteiger partial charge in [-0.2, -0.15) is 0 Å². The summed E-state index contributed by atoms with van der Waals surface area (Å²) in [6.45, 7) is 28.1. The number of aliphatic hydroxyl groups is 3. The Bertz CT molecular complexity index is 867. The van der Waals surface area contributed by atoms with Gasteiger partial charge in [-0.1, -0.05) is 34.3 Å². The van der Waals surface area contributed by atoms with Crippen LogP contribution in [-0.4, -0.2) is 88.9 Å². The first kappa shape index (κ1) is 42.1. The van der Waals surface area contributed by atoms with Gasteiger partial charge < -0.3 is 37.8 Å². The summed E-state index contributed by atoms with van der Waals surface area (Å²) in [7, 11) is -7.87. The van der Waals surface area contributed by atoms with E-state index in [1.54, 1.807) is 20.8 Å². The van der Waals surface area contributed by atoms with Crippen molar-refractivity contribution in [2.24, 2.45) is 11.8 Å². The van der Waals surface area contributed by atoms with Gasteiger partial charge in [-0.25, -0.2) is 4.79 Å². The number of hydrogen-bond donors (Lipinski definition) is 3. The fourth-order valence-electron chi connectivity index (χ4n) is 5.33. The highest BCUT2D eigenvalue weighted by Gasteiger charge is 2.47. The first-order valence-corrected chi connectivity index (χ1v) is 24.4. The van der Waals surface area contributed by atoms with Crippen LogP contribution in [0.2, 0.25) is 44.8 Å². The maximum atomic E-state index is 13.2. The molecule has 0 fully saturated rings. The molecule has 0 saturated carbocycles. The van der Waals surface area contributed by atoms with Crippen LogP contribution in [0, 0.1) is 11.8 Å². The average molecular weight is 667 g/mol. The van der Waals surface area contributed by atoms with Crippen molar-refractivity contribution in [3.8, 4) is 0 Å². The highest BCUT2D eigenvalue weighted by molar-refractivity contribution is 6.89. The summed E-state index contributed by atoms with van der Waals surface area (Å²) >= 11 is 0. The van der Waals surface area contributed by atoms with Crippen LogP contribution in [0.5, 0.6) is 0 Å². The zero-order valence-corrected chi connectivity index (χ0v) is 32.0. The lowest BCUT2D eigenvalue weighted by molar-refractivity contribution is -0.174. The first-order chi connectivity index (χ1) is 19.5. The molecule has 0 aliphatic heterocycles. The number of ether oxygens (including phenoxy) is 3. The Morgan fingerprint density at radius 3 is 1.74 bits per heavy atom. The third-order valence-electron chi connectivity index (χ3n) is 7.90. The second kappa shape index (κ2) is 18.3. The van der Waals surface area contributed by atoms with Gasteiger partial charge in [0.05, 0.1) is 29.6 Å². The van der Waals surface area contributed by atoms with E-state index in [-0.39, 0.29) is 30.0 Å². The second-order valence-corrected chi connectivity index (χ2v) is 26.0. The first-order valence-electron chi connectivity index (χ1n) is 15.6. The molecular formula is C30H62O10Si3. The van der Waals surface area contributed by atoms with E-state index in [4.69, 9.17) is 22.4 Å². The van der Waals surface area contributed by atoms with Crippen molar-refractivity contribution in [1.29, 1.82) is 0 Å². The molecule has 0 heterocycles. The summed E-state index contributed by atoms with van der Waals surface area (Å²) in [6.07, 6.45) is -0.250. The van der Waals surface area contributed by atoms with Crippen LogP contribution in [0.1, 0.15) is 74.1 Å². The summed E-state index contributed by atoms with van der Waals surface area (Å²) in [6, 6.07) is 0. The van der Waals surface area contributed by atoms with Gasteiger partial charge in [0.15, 0.2) is 8.32 Å². The molecule has 13 heteroatoms. The molecule has 0 rings (SSSR count). The minimum Gasteiger partial charge on any atom is -0.463 e. The zero-order valence-electron chi connectivity index (χ0n) is 29.0. The molecule has 0 aromatic heterocycles. The molecular weight excluding hydrogens is 605 g/mol. The summed E-state index contributed by atoms with van der Waals surface area (Å²) in [5, 5.41) is 30.8. The van der Waals surface area contributed by atoms with Crippen LogP contribution in [0.25, 0.3) is 0 Å². The fourth-order valence-corrected chi connectivity index (χ4v) is 19.4. The molecule has 9 unspecified atom stereocenters. The van der Waals surface area contributed by atoms with Crippen LogP contribution >= 0.6 is 0 Å². The summed E-state index contributed by atoms with van der Waals surface area (Å²) < 4.78 is 30.3. The van der Waals surface area contributed by atoms with Gasteiger partial charge in [-0.05, 0) is 91.2 Å². The van der Waals surface area contributed by atoms with Crippen molar-refractivity contribution < 1.29 is 47.3 Å². The Morgan fingerprint density at radius 2 is 1.26 bits per heavy atom. The number of hydrogen-bond acceptors (Lipinski definition) is 10.